The van der Waals surface area contributed by atoms with E-state index in [1.165, 1.54) is 31.2 Å². The fourth-order valence-electron chi connectivity index (χ4n) is 3.58. The van der Waals surface area contributed by atoms with Crippen molar-refractivity contribution in [3.63, 3.8) is 0 Å². The van der Waals surface area contributed by atoms with Crippen LogP contribution >= 0.6 is 0 Å². The van der Waals surface area contributed by atoms with E-state index in [1.54, 1.807) is 30.0 Å². The van der Waals surface area contributed by atoms with Crippen molar-refractivity contribution < 1.29 is 28.8 Å². The van der Waals surface area contributed by atoms with Crippen molar-refractivity contribution in [2.24, 2.45) is 0 Å². The van der Waals surface area contributed by atoms with Crippen LogP contribution in [-0.4, -0.2) is 67.0 Å². The van der Waals surface area contributed by atoms with Gasteiger partial charge in [-0.25, -0.2) is 4.79 Å². The number of piperazine rings is 1. The summed E-state index contributed by atoms with van der Waals surface area (Å²) in [5.74, 6) is -1.11. The number of hydrogen-bond donors (Lipinski definition) is 1. The molecule has 0 aromatic heterocycles. The Hall–Kier alpha value is -4.15. The van der Waals surface area contributed by atoms with E-state index >= 15 is 0 Å². The number of nitrogens with one attached hydrogen (secondary N) is 1. The number of esters is 1. The zero-order chi connectivity index (χ0) is 24.7. The van der Waals surface area contributed by atoms with E-state index in [0.717, 1.165) is 0 Å². The lowest BCUT2D eigenvalue weighted by Gasteiger charge is -2.36. The topological polar surface area (TPSA) is 131 Å². The smallest absolute Gasteiger partial charge is 0.338 e. The molecule has 1 fully saturated rings. The number of nitro benzene ring substituents is 1. The molecule has 2 aromatic carbocycles. The lowest BCUT2D eigenvalue weighted by molar-refractivity contribution is -0.385. The minimum Gasteiger partial charge on any atom is -0.477 e. The number of nitrogens with zero attached hydrogens (tertiary/aromatic N) is 3. The normalized spacial score (nSPS) is 13.2. The maximum atomic E-state index is 12.7. The fourth-order valence-corrected chi connectivity index (χ4v) is 3.58. The first-order valence-electron chi connectivity index (χ1n) is 10.8. The lowest BCUT2D eigenvalue weighted by Crippen LogP contribution is -2.48. The molecule has 2 amide bonds. The zero-order valence-corrected chi connectivity index (χ0v) is 19.0. The first kappa shape index (κ1) is 24.5. The third-order valence-corrected chi connectivity index (χ3v) is 5.27. The van der Waals surface area contributed by atoms with Gasteiger partial charge in [-0.3, -0.25) is 19.7 Å². The molecule has 180 valence electrons. The van der Waals surface area contributed by atoms with Gasteiger partial charge in [0.2, 0.25) is 5.91 Å². The van der Waals surface area contributed by atoms with Crippen LogP contribution in [0.2, 0.25) is 0 Å². The minimum absolute atomic E-state index is 0.00186. The van der Waals surface area contributed by atoms with Gasteiger partial charge < -0.3 is 24.6 Å². The molecule has 1 heterocycles. The largest absolute Gasteiger partial charge is 0.477 e. The number of rotatable bonds is 8. The fraction of sp³-hybridized carbons (Fsp3) is 0.348. The molecule has 11 nitrogen and oxygen atoms in total. The van der Waals surface area contributed by atoms with Gasteiger partial charge in [0.1, 0.15) is 0 Å². The van der Waals surface area contributed by atoms with Crippen molar-refractivity contribution in [1.29, 1.82) is 0 Å². The molecule has 3 rings (SSSR count). The van der Waals surface area contributed by atoms with Gasteiger partial charge in [-0.1, -0.05) is 12.1 Å². The maximum absolute atomic E-state index is 12.7. The summed E-state index contributed by atoms with van der Waals surface area (Å²) in [6.45, 7) is 5.12. The SMILES string of the molecule is CCOC(=O)c1ccc(N2CCN(C(C)=O)CC2)c(NC(=O)COc2ccccc2[N+](=O)[O-])c1. The van der Waals surface area contributed by atoms with Gasteiger partial charge in [-0.2, -0.15) is 0 Å². The predicted octanol–water partition coefficient (Wildman–Crippen LogP) is 2.46. The Kier molecular flexibility index (Phi) is 8.01. The molecule has 0 aliphatic carbocycles. The molecule has 0 radical (unpaired) electrons. The second-order valence-electron chi connectivity index (χ2n) is 7.51. The average Bonchev–Trinajstić information content (AvgIpc) is 2.83. The molecule has 2 aromatic rings. The Morgan fingerprint density at radius 3 is 2.44 bits per heavy atom. The van der Waals surface area contributed by atoms with Crippen molar-refractivity contribution in [3.05, 3.63) is 58.1 Å². The molecule has 0 saturated carbocycles. The van der Waals surface area contributed by atoms with Crippen LogP contribution in [0.4, 0.5) is 17.1 Å². The van der Waals surface area contributed by atoms with Crippen molar-refractivity contribution in [3.8, 4) is 5.75 Å². The monoisotopic (exact) mass is 470 g/mol. The molecule has 1 N–H and O–H groups in total. The summed E-state index contributed by atoms with van der Waals surface area (Å²) in [7, 11) is 0. The van der Waals surface area contributed by atoms with E-state index in [2.05, 4.69) is 5.32 Å². The molecule has 0 unspecified atom stereocenters. The van der Waals surface area contributed by atoms with Crippen molar-refractivity contribution >= 4 is 34.8 Å². The maximum Gasteiger partial charge on any atom is 0.338 e. The standard InChI is InChI=1S/C23H26N4O7/c1-3-33-23(30)17-8-9-19(26-12-10-25(11-13-26)16(2)28)18(14-17)24-22(29)15-34-21-7-5-4-6-20(21)27(31)32/h4-9,14H,3,10-13,15H2,1-2H3,(H,24,29). The van der Waals surface area contributed by atoms with Gasteiger partial charge in [-0.15, -0.1) is 0 Å². The average molecular weight is 470 g/mol. The van der Waals surface area contributed by atoms with Gasteiger partial charge in [0.05, 0.1) is 28.5 Å². The molecule has 1 aliphatic rings. The molecular formula is C23H26N4O7. The van der Waals surface area contributed by atoms with Crippen LogP contribution in [0.3, 0.4) is 0 Å². The number of amides is 2. The first-order chi connectivity index (χ1) is 16.3. The third kappa shape index (κ3) is 6.00. The van der Waals surface area contributed by atoms with Crippen LogP contribution in [0.25, 0.3) is 0 Å². The van der Waals surface area contributed by atoms with Crippen LogP contribution in [0.1, 0.15) is 24.2 Å². The summed E-state index contributed by atoms with van der Waals surface area (Å²) in [4.78, 5) is 50.8. The van der Waals surface area contributed by atoms with Crippen LogP contribution < -0.4 is 15.0 Å². The highest BCUT2D eigenvalue weighted by molar-refractivity contribution is 5.98. The number of carbonyl (C=O) groups is 3. The second kappa shape index (κ2) is 11.1. The van der Waals surface area contributed by atoms with Crippen LogP contribution in [-0.2, 0) is 14.3 Å². The number of ether oxygens (including phenoxy) is 2. The van der Waals surface area contributed by atoms with Crippen molar-refractivity contribution in [2.45, 2.75) is 13.8 Å². The summed E-state index contributed by atoms with van der Waals surface area (Å²) >= 11 is 0. The zero-order valence-electron chi connectivity index (χ0n) is 19.0. The predicted molar refractivity (Wildman–Crippen MR) is 124 cm³/mol. The molecule has 0 bridgehead atoms. The number of carbonyl (C=O) groups excluding carboxylic acids is 3. The summed E-state index contributed by atoms with van der Waals surface area (Å²) in [5.41, 5.74) is 1.07. The van der Waals surface area contributed by atoms with E-state index in [4.69, 9.17) is 9.47 Å². The Balaban J connectivity index is 1.78. The molecule has 1 aliphatic heterocycles. The quantitative estimate of drug-likeness (QED) is 0.354. The summed E-state index contributed by atoms with van der Waals surface area (Å²) in [6, 6.07) is 10.6. The second-order valence-corrected chi connectivity index (χ2v) is 7.51. The number of para-hydroxylation sites is 2. The molecule has 34 heavy (non-hydrogen) atoms. The summed E-state index contributed by atoms with van der Waals surface area (Å²) < 4.78 is 10.4. The van der Waals surface area contributed by atoms with Gasteiger partial charge >= 0.3 is 11.7 Å². The third-order valence-electron chi connectivity index (χ3n) is 5.27. The van der Waals surface area contributed by atoms with Crippen LogP contribution in [0.15, 0.2) is 42.5 Å². The number of anilines is 2. The summed E-state index contributed by atoms with van der Waals surface area (Å²) in [5, 5.41) is 13.9. The van der Waals surface area contributed by atoms with E-state index < -0.39 is 23.4 Å². The van der Waals surface area contributed by atoms with Gasteiger partial charge in [0, 0.05) is 39.2 Å². The van der Waals surface area contributed by atoms with Gasteiger partial charge in [0.25, 0.3) is 5.91 Å². The van der Waals surface area contributed by atoms with Gasteiger partial charge in [0.15, 0.2) is 12.4 Å². The highest BCUT2D eigenvalue weighted by Crippen LogP contribution is 2.29. The van der Waals surface area contributed by atoms with Crippen LogP contribution in [0, 0.1) is 10.1 Å². The molecule has 0 atom stereocenters. The Morgan fingerprint density at radius 1 is 1.09 bits per heavy atom. The summed E-state index contributed by atoms with van der Waals surface area (Å²) in [6.07, 6.45) is 0. The molecule has 11 heteroatoms. The molecular weight excluding hydrogens is 444 g/mol. The minimum atomic E-state index is -0.588. The van der Waals surface area contributed by atoms with E-state index in [-0.39, 0.29) is 29.5 Å². The number of nitro groups is 1. The van der Waals surface area contributed by atoms with E-state index in [0.29, 0.717) is 37.6 Å². The number of benzene rings is 2. The Labute approximate surface area is 196 Å². The lowest BCUT2D eigenvalue weighted by atomic mass is 10.1. The Morgan fingerprint density at radius 2 is 1.79 bits per heavy atom. The van der Waals surface area contributed by atoms with Crippen molar-refractivity contribution in [2.75, 3.05) is 49.6 Å². The van der Waals surface area contributed by atoms with Gasteiger partial charge in [-0.05, 0) is 31.2 Å². The van der Waals surface area contributed by atoms with E-state index in [9.17, 15) is 24.5 Å². The highest BCUT2D eigenvalue weighted by atomic mass is 16.6. The highest BCUT2D eigenvalue weighted by Gasteiger charge is 2.23. The van der Waals surface area contributed by atoms with Crippen molar-refractivity contribution in [1.82, 2.24) is 4.90 Å². The van der Waals surface area contributed by atoms with Crippen LogP contribution in [0.5, 0.6) is 5.75 Å². The molecule has 0 spiro atoms. The Bertz CT molecular complexity index is 1080. The number of hydrogen-bond acceptors (Lipinski definition) is 8. The molecule has 1 saturated heterocycles. The van der Waals surface area contributed by atoms with E-state index in [1.807, 2.05) is 4.90 Å². The first-order valence-corrected chi connectivity index (χ1v) is 10.8.